The standard InChI is InChI=1S/C12H14ClN3O/c1-2-4-11-15-12(17-16-11)8-14-10-6-3-5-9(13)7-10/h3,5-7,14H,2,4,8H2,1H3. The molecule has 4 nitrogen and oxygen atoms in total. The Kier molecular flexibility index (Phi) is 3.98. The van der Waals surface area contributed by atoms with Gasteiger partial charge in [0.05, 0.1) is 6.54 Å². The first-order chi connectivity index (χ1) is 8.28. The third kappa shape index (κ3) is 3.46. The van der Waals surface area contributed by atoms with Crippen LogP contribution in [0.4, 0.5) is 5.69 Å². The second-order valence-corrected chi connectivity index (χ2v) is 4.15. The monoisotopic (exact) mass is 251 g/mol. The molecule has 2 rings (SSSR count). The van der Waals surface area contributed by atoms with E-state index < -0.39 is 0 Å². The molecule has 1 heterocycles. The molecular formula is C12H14ClN3O. The Bertz CT molecular complexity index is 484. The molecule has 0 saturated heterocycles. The second-order valence-electron chi connectivity index (χ2n) is 3.72. The maximum atomic E-state index is 5.88. The van der Waals surface area contributed by atoms with Gasteiger partial charge >= 0.3 is 0 Å². The molecule has 1 N–H and O–H groups in total. The van der Waals surface area contributed by atoms with Crippen LogP contribution >= 0.6 is 11.6 Å². The minimum absolute atomic E-state index is 0.511. The van der Waals surface area contributed by atoms with Gasteiger partial charge in [0.25, 0.3) is 0 Å². The minimum atomic E-state index is 0.511. The molecule has 0 aliphatic rings. The number of aromatic nitrogens is 2. The van der Waals surface area contributed by atoms with E-state index in [0.29, 0.717) is 17.5 Å². The topological polar surface area (TPSA) is 51.0 Å². The summed E-state index contributed by atoms with van der Waals surface area (Å²) in [5, 5.41) is 7.76. The third-order valence-electron chi connectivity index (χ3n) is 2.25. The first-order valence-corrected chi connectivity index (χ1v) is 5.96. The van der Waals surface area contributed by atoms with E-state index in [1.165, 1.54) is 0 Å². The Morgan fingerprint density at radius 3 is 3.06 bits per heavy atom. The molecule has 0 saturated carbocycles. The van der Waals surface area contributed by atoms with Crippen molar-refractivity contribution < 1.29 is 4.52 Å². The molecule has 5 heteroatoms. The summed E-state index contributed by atoms with van der Waals surface area (Å²) in [5.41, 5.74) is 0.938. The van der Waals surface area contributed by atoms with Crippen molar-refractivity contribution in [2.45, 2.75) is 26.3 Å². The molecule has 1 aromatic heterocycles. The largest absolute Gasteiger partial charge is 0.376 e. The summed E-state index contributed by atoms with van der Waals surface area (Å²) in [6, 6.07) is 7.51. The van der Waals surface area contributed by atoms with Gasteiger partial charge in [-0.2, -0.15) is 4.98 Å². The number of hydrogen-bond acceptors (Lipinski definition) is 4. The Hall–Kier alpha value is -1.55. The van der Waals surface area contributed by atoms with Crippen LogP contribution in [0.2, 0.25) is 5.02 Å². The zero-order valence-electron chi connectivity index (χ0n) is 9.61. The number of halogens is 1. The van der Waals surface area contributed by atoms with E-state index >= 15 is 0 Å². The molecule has 0 unspecified atom stereocenters. The van der Waals surface area contributed by atoms with E-state index in [-0.39, 0.29) is 0 Å². The summed E-state index contributed by atoms with van der Waals surface area (Å²) in [5.74, 6) is 1.35. The Balaban J connectivity index is 1.93. The van der Waals surface area contributed by atoms with Gasteiger partial charge in [-0.1, -0.05) is 29.7 Å². The molecule has 17 heavy (non-hydrogen) atoms. The van der Waals surface area contributed by atoms with Crippen molar-refractivity contribution in [2.75, 3.05) is 5.32 Å². The van der Waals surface area contributed by atoms with Crippen LogP contribution in [-0.2, 0) is 13.0 Å². The fourth-order valence-electron chi connectivity index (χ4n) is 1.46. The van der Waals surface area contributed by atoms with Gasteiger partial charge in [-0.05, 0) is 24.6 Å². The molecular weight excluding hydrogens is 238 g/mol. The molecule has 0 aliphatic carbocycles. The second kappa shape index (κ2) is 5.68. The van der Waals surface area contributed by atoms with Gasteiger partial charge in [0.2, 0.25) is 5.89 Å². The molecule has 0 radical (unpaired) electrons. The average Bonchev–Trinajstić information content (AvgIpc) is 2.75. The van der Waals surface area contributed by atoms with Gasteiger partial charge < -0.3 is 9.84 Å². The molecule has 0 bridgehead atoms. The highest BCUT2D eigenvalue weighted by Gasteiger charge is 2.04. The zero-order valence-corrected chi connectivity index (χ0v) is 10.4. The van der Waals surface area contributed by atoms with Crippen LogP contribution in [-0.4, -0.2) is 10.1 Å². The predicted octanol–water partition coefficient (Wildman–Crippen LogP) is 3.29. The summed E-state index contributed by atoms with van der Waals surface area (Å²) in [6.45, 7) is 2.59. The Morgan fingerprint density at radius 1 is 1.41 bits per heavy atom. The van der Waals surface area contributed by atoms with Crippen molar-refractivity contribution in [3.05, 3.63) is 41.0 Å². The first kappa shape index (κ1) is 11.9. The Morgan fingerprint density at radius 2 is 2.29 bits per heavy atom. The molecule has 2 aromatic rings. The molecule has 1 aromatic carbocycles. The number of benzene rings is 1. The number of aryl methyl sites for hydroxylation is 1. The number of nitrogens with one attached hydrogen (secondary N) is 1. The number of nitrogens with zero attached hydrogens (tertiary/aromatic N) is 2. The quantitative estimate of drug-likeness (QED) is 0.886. The highest BCUT2D eigenvalue weighted by atomic mass is 35.5. The number of rotatable bonds is 5. The molecule has 0 fully saturated rings. The first-order valence-electron chi connectivity index (χ1n) is 5.59. The normalized spacial score (nSPS) is 10.5. The third-order valence-corrected chi connectivity index (χ3v) is 2.49. The fourth-order valence-corrected chi connectivity index (χ4v) is 1.65. The molecule has 0 aliphatic heterocycles. The molecule has 90 valence electrons. The van der Waals surface area contributed by atoms with Crippen LogP contribution in [0, 0.1) is 0 Å². The van der Waals surface area contributed by atoms with Crippen LogP contribution in [0.1, 0.15) is 25.1 Å². The van der Waals surface area contributed by atoms with Crippen molar-refractivity contribution in [1.82, 2.24) is 10.1 Å². The fraction of sp³-hybridized carbons (Fsp3) is 0.333. The average molecular weight is 252 g/mol. The van der Waals surface area contributed by atoms with Crippen molar-refractivity contribution in [1.29, 1.82) is 0 Å². The van der Waals surface area contributed by atoms with Gasteiger partial charge in [0.1, 0.15) is 0 Å². The van der Waals surface area contributed by atoms with Crippen LogP contribution < -0.4 is 5.32 Å². The van der Waals surface area contributed by atoms with Gasteiger partial charge in [-0.15, -0.1) is 0 Å². The van der Waals surface area contributed by atoms with Crippen molar-refractivity contribution in [3.8, 4) is 0 Å². The lowest BCUT2D eigenvalue weighted by atomic mass is 10.3. The summed E-state index contributed by atoms with van der Waals surface area (Å²) >= 11 is 5.88. The number of anilines is 1. The van der Waals surface area contributed by atoms with Crippen LogP contribution in [0.3, 0.4) is 0 Å². The van der Waals surface area contributed by atoms with Gasteiger partial charge in [0, 0.05) is 17.1 Å². The Labute approximate surface area is 105 Å². The van der Waals surface area contributed by atoms with Crippen molar-refractivity contribution in [3.63, 3.8) is 0 Å². The highest BCUT2D eigenvalue weighted by Crippen LogP contribution is 2.15. The number of hydrogen-bond donors (Lipinski definition) is 1. The summed E-state index contributed by atoms with van der Waals surface area (Å²) in [6.07, 6.45) is 1.86. The van der Waals surface area contributed by atoms with Gasteiger partial charge in [-0.3, -0.25) is 0 Å². The maximum absolute atomic E-state index is 5.88. The van der Waals surface area contributed by atoms with E-state index in [2.05, 4.69) is 22.4 Å². The van der Waals surface area contributed by atoms with Crippen LogP contribution in [0.5, 0.6) is 0 Å². The smallest absolute Gasteiger partial charge is 0.245 e. The van der Waals surface area contributed by atoms with Crippen molar-refractivity contribution >= 4 is 17.3 Å². The molecule has 0 amide bonds. The zero-order chi connectivity index (χ0) is 12.1. The summed E-state index contributed by atoms with van der Waals surface area (Å²) < 4.78 is 5.11. The molecule has 0 spiro atoms. The van der Waals surface area contributed by atoms with Gasteiger partial charge in [-0.25, -0.2) is 0 Å². The lowest BCUT2D eigenvalue weighted by molar-refractivity contribution is 0.377. The van der Waals surface area contributed by atoms with Gasteiger partial charge in [0.15, 0.2) is 5.82 Å². The van der Waals surface area contributed by atoms with Crippen LogP contribution in [0.15, 0.2) is 28.8 Å². The predicted molar refractivity (Wildman–Crippen MR) is 67.1 cm³/mol. The van der Waals surface area contributed by atoms with Crippen molar-refractivity contribution in [2.24, 2.45) is 0 Å². The van der Waals surface area contributed by atoms with E-state index in [1.54, 1.807) is 0 Å². The van der Waals surface area contributed by atoms with E-state index in [1.807, 2.05) is 24.3 Å². The summed E-state index contributed by atoms with van der Waals surface area (Å²) in [7, 11) is 0. The minimum Gasteiger partial charge on any atom is -0.376 e. The highest BCUT2D eigenvalue weighted by molar-refractivity contribution is 6.30. The van der Waals surface area contributed by atoms with E-state index in [0.717, 1.165) is 24.4 Å². The summed E-state index contributed by atoms with van der Waals surface area (Å²) in [4.78, 5) is 4.26. The lowest BCUT2D eigenvalue weighted by Gasteiger charge is -2.02. The molecule has 0 atom stereocenters. The maximum Gasteiger partial charge on any atom is 0.245 e. The van der Waals surface area contributed by atoms with Crippen LogP contribution in [0.25, 0.3) is 0 Å². The lowest BCUT2D eigenvalue weighted by Crippen LogP contribution is -1.99. The SMILES string of the molecule is CCCc1noc(CNc2cccc(Cl)c2)n1. The van der Waals surface area contributed by atoms with E-state index in [9.17, 15) is 0 Å². The van der Waals surface area contributed by atoms with E-state index in [4.69, 9.17) is 16.1 Å².